The van der Waals surface area contributed by atoms with Crippen molar-refractivity contribution in [2.75, 3.05) is 11.9 Å². The first kappa shape index (κ1) is 22.1. The fourth-order valence-corrected chi connectivity index (χ4v) is 5.06. The summed E-state index contributed by atoms with van der Waals surface area (Å²) in [4.78, 5) is 26.6. The summed E-state index contributed by atoms with van der Waals surface area (Å²) in [6.07, 6.45) is 4.85. The molecule has 1 aromatic carbocycles. The lowest BCUT2D eigenvalue weighted by atomic mass is 9.95. The van der Waals surface area contributed by atoms with Gasteiger partial charge in [-0.1, -0.05) is 19.1 Å². The molecular formula is C25H27NO5S. The third-order valence-electron chi connectivity index (χ3n) is 5.48. The van der Waals surface area contributed by atoms with Gasteiger partial charge in [-0.05, 0) is 74.4 Å². The number of nitrogens with one attached hydrogen (secondary N) is 1. The SMILES string of the molecule is CCOC(=O)c1c(NC(=O)c2ccc(COc3ccc(CC)cc3)o2)sc2c1CCCC2. The van der Waals surface area contributed by atoms with Crippen molar-refractivity contribution in [1.82, 2.24) is 0 Å². The number of furan rings is 1. The monoisotopic (exact) mass is 453 g/mol. The van der Waals surface area contributed by atoms with Gasteiger partial charge in [-0.25, -0.2) is 4.79 Å². The number of carbonyl (C=O) groups excluding carboxylic acids is 2. The second-order valence-electron chi connectivity index (χ2n) is 7.64. The van der Waals surface area contributed by atoms with Crippen molar-refractivity contribution >= 4 is 28.2 Å². The fraction of sp³-hybridized carbons (Fsp3) is 0.360. The largest absolute Gasteiger partial charge is 0.486 e. The maximum Gasteiger partial charge on any atom is 0.341 e. The molecule has 3 aromatic rings. The van der Waals surface area contributed by atoms with Crippen LogP contribution >= 0.6 is 11.3 Å². The third-order valence-corrected chi connectivity index (χ3v) is 6.68. The number of amides is 1. The van der Waals surface area contributed by atoms with Gasteiger partial charge in [-0.15, -0.1) is 11.3 Å². The second kappa shape index (κ2) is 10.0. The lowest BCUT2D eigenvalue weighted by molar-refractivity contribution is 0.0526. The average Bonchev–Trinajstić information content (AvgIpc) is 3.42. The highest BCUT2D eigenvalue weighted by Gasteiger charge is 2.28. The van der Waals surface area contributed by atoms with Crippen LogP contribution in [-0.4, -0.2) is 18.5 Å². The summed E-state index contributed by atoms with van der Waals surface area (Å²) in [5.41, 5.74) is 2.75. The fourth-order valence-electron chi connectivity index (χ4n) is 3.79. The van der Waals surface area contributed by atoms with Gasteiger partial charge >= 0.3 is 5.97 Å². The van der Waals surface area contributed by atoms with E-state index in [1.165, 1.54) is 16.9 Å². The molecular weight excluding hydrogens is 426 g/mol. The Balaban J connectivity index is 1.45. The van der Waals surface area contributed by atoms with Gasteiger partial charge < -0.3 is 19.2 Å². The molecule has 1 N–H and O–H groups in total. The van der Waals surface area contributed by atoms with Crippen LogP contribution in [0.15, 0.2) is 40.8 Å². The van der Waals surface area contributed by atoms with Crippen LogP contribution in [0.4, 0.5) is 5.00 Å². The Morgan fingerprint density at radius 2 is 1.84 bits per heavy atom. The average molecular weight is 454 g/mol. The van der Waals surface area contributed by atoms with Crippen molar-refractivity contribution in [3.63, 3.8) is 0 Å². The highest BCUT2D eigenvalue weighted by atomic mass is 32.1. The van der Waals surface area contributed by atoms with Crippen LogP contribution in [0, 0.1) is 0 Å². The van der Waals surface area contributed by atoms with Crippen molar-refractivity contribution in [1.29, 1.82) is 0 Å². The van der Waals surface area contributed by atoms with Gasteiger partial charge in [0.25, 0.3) is 5.91 Å². The number of carbonyl (C=O) groups is 2. The Morgan fingerprint density at radius 1 is 1.06 bits per heavy atom. The minimum atomic E-state index is -0.396. The van der Waals surface area contributed by atoms with E-state index in [0.29, 0.717) is 22.9 Å². The first-order valence-corrected chi connectivity index (χ1v) is 11.8. The number of thiophene rings is 1. The zero-order valence-electron chi connectivity index (χ0n) is 18.4. The summed E-state index contributed by atoms with van der Waals surface area (Å²) in [5.74, 6) is 0.683. The standard InChI is InChI=1S/C25H27NO5S/c1-3-16-9-11-17(12-10-16)30-15-18-13-14-20(31-18)23(27)26-24-22(25(28)29-4-2)19-7-5-6-8-21(19)32-24/h9-14H,3-8,15H2,1-2H3,(H,26,27). The van der Waals surface area contributed by atoms with Crippen molar-refractivity contribution in [3.05, 3.63) is 69.5 Å². The molecule has 168 valence electrons. The summed E-state index contributed by atoms with van der Waals surface area (Å²) in [7, 11) is 0. The van der Waals surface area contributed by atoms with Gasteiger partial charge in [0.15, 0.2) is 5.76 Å². The highest BCUT2D eigenvalue weighted by molar-refractivity contribution is 7.17. The van der Waals surface area contributed by atoms with Crippen LogP contribution in [-0.2, 0) is 30.6 Å². The van der Waals surface area contributed by atoms with E-state index in [1.807, 2.05) is 24.3 Å². The predicted molar refractivity (Wildman–Crippen MR) is 124 cm³/mol. The van der Waals surface area contributed by atoms with E-state index in [2.05, 4.69) is 12.2 Å². The number of esters is 1. The lowest BCUT2D eigenvalue weighted by Crippen LogP contribution is -2.15. The van der Waals surface area contributed by atoms with E-state index in [1.54, 1.807) is 19.1 Å². The Bertz CT molecular complexity index is 1100. The van der Waals surface area contributed by atoms with E-state index in [4.69, 9.17) is 13.9 Å². The molecule has 0 aliphatic heterocycles. The molecule has 2 aromatic heterocycles. The van der Waals surface area contributed by atoms with Crippen LogP contribution in [0.2, 0.25) is 0 Å². The molecule has 1 amide bonds. The number of aryl methyl sites for hydroxylation is 2. The van der Waals surface area contributed by atoms with Gasteiger partial charge in [-0.3, -0.25) is 4.79 Å². The first-order valence-electron chi connectivity index (χ1n) is 11.0. The summed E-state index contributed by atoms with van der Waals surface area (Å²) in [5, 5.41) is 3.40. The zero-order valence-corrected chi connectivity index (χ0v) is 19.2. The molecule has 32 heavy (non-hydrogen) atoms. The molecule has 1 aliphatic carbocycles. The Hall–Kier alpha value is -3.06. The van der Waals surface area contributed by atoms with Crippen molar-refractivity contribution in [2.24, 2.45) is 0 Å². The van der Waals surface area contributed by atoms with Crippen LogP contribution in [0.25, 0.3) is 0 Å². The molecule has 0 radical (unpaired) electrons. The van der Waals surface area contributed by atoms with Gasteiger partial charge in [0.2, 0.25) is 0 Å². The van der Waals surface area contributed by atoms with Gasteiger partial charge in [0, 0.05) is 4.88 Å². The van der Waals surface area contributed by atoms with Gasteiger partial charge in [0.05, 0.1) is 12.2 Å². The first-order chi connectivity index (χ1) is 15.6. The molecule has 7 heteroatoms. The highest BCUT2D eigenvalue weighted by Crippen LogP contribution is 2.38. The molecule has 0 bridgehead atoms. The number of ether oxygens (including phenoxy) is 2. The summed E-state index contributed by atoms with van der Waals surface area (Å²) in [6, 6.07) is 11.2. The Kier molecular flexibility index (Phi) is 6.95. The predicted octanol–water partition coefficient (Wildman–Crippen LogP) is 5.79. The smallest absolute Gasteiger partial charge is 0.341 e. The molecule has 6 nitrogen and oxygen atoms in total. The van der Waals surface area contributed by atoms with E-state index in [9.17, 15) is 9.59 Å². The molecule has 4 rings (SSSR count). The number of hydrogen-bond acceptors (Lipinski definition) is 6. The van der Waals surface area contributed by atoms with Crippen LogP contribution in [0.1, 0.15) is 69.4 Å². The van der Waals surface area contributed by atoms with E-state index in [0.717, 1.165) is 48.3 Å². The minimum absolute atomic E-state index is 0.172. The number of benzene rings is 1. The molecule has 0 fully saturated rings. The van der Waals surface area contributed by atoms with Gasteiger partial charge in [-0.2, -0.15) is 0 Å². The van der Waals surface area contributed by atoms with Crippen molar-refractivity contribution in [3.8, 4) is 5.75 Å². The summed E-state index contributed by atoms with van der Waals surface area (Å²) >= 11 is 1.46. The van der Waals surface area contributed by atoms with E-state index in [-0.39, 0.29) is 18.3 Å². The minimum Gasteiger partial charge on any atom is -0.486 e. The molecule has 0 spiro atoms. The summed E-state index contributed by atoms with van der Waals surface area (Å²) < 4.78 is 16.7. The summed E-state index contributed by atoms with van der Waals surface area (Å²) in [6.45, 7) is 4.39. The van der Waals surface area contributed by atoms with E-state index >= 15 is 0 Å². The maximum atomic E-state index is 12.8. The van der Waals surface area contributed by atoms with Crippen LogP contribution in [0.5, 0.6) is 5.75 Å². The van der Waals surface area contributed by atoms with E-state index < -0.39 is 5.91 Å². The van der Waals surface area contributed by atoms with Crippen molar-refractivity contribution in [2.45, 2.75) is 52.6 Å². The molecule has 0 unspecified atom stereocenters. The molecule has 0 saturated heterocycles. The quantitative estimate of drug-likeness (QED) is 0.437. The topological polar surface area (TPSA) is 77.8 Å². The Morgan fingerprint density at radius 3 is 2.59 bits per heavy atom. The molecule has 0 saturated carbocycles. The zero-order chi connectivity index (χ0) is 22.5. The van der Waals surface area contributed by atoms with Crippen molar-refractivity contribution < 1.29 is 23.5 Å². The number of rotatable bonds is 8. The lowest BCUT2D eigenvalue weighted by Gasteiger charge is -2.12. The molecule has 2 heterocycles. The number of fused-ring (bicyclic) bond motifs is 1. The van der Waals surface area contributed by atoms with Crippen LogP contribution in [0.3, 0.4) is 0 Å². The Labute approximate surface area is 191 Å². The second-order valence-corrected chi connectivity index (χ2v) is 8.75. The third kappa shape index (κ3) is 4.88. The normalized spacial score (nSPS) is 12.8. The number of hydrogen-bond donors (Lipinski definition) is 1. The number of anilines is 1. The molecule has 1 aliphatic rings. The maximum absolute atomic E-state index is 12.8. The van der Waals surface area contributed by atoms with Gasteiger partial charge in [0.1, 0.15) is 23.1 Å². The molecule has 0 atom stereocenters. The van der Waals surface area contributed by atoms with Crippen LogP contribution < -0.4 is 10.1 Å².